The Morgan fingerprint density at radius 2 is 1.70 bits per heavy atom. The molecule has 1 aromatic heterocycles. The molecule has 0 spiro atoms. The molecule has 11 heteroatoms. The van der Waals surface area contributed by atoms with Crippen molar-refractivity contribution in [2.45, 2.75) is 134 Å². The number of aliphatic hydroxyl groups is 1. The highest BCUT2D eigenvalue weighted by molar-refractivity contribution is 5.67. The summed E-state index contributed by atoms with van der Waals surface area (Å²) < 4.78 is 34.7. The van der Waals surface area contributed by atoms with Gasteiger partial charge in [0.1, 0.15) is 12.4 Å². The number of esters is 2. The summed E-state index contributed by atoms with van der Waals surface area (Å²) in [7, 11) is 1.47. The second-order valence-electron chi connectivity index (χ2n) is 14.7. The minimum absolute atomic E-state index is 0.00225. The predicted octanol–water partition coefficient (Wildman–Crippen LogP) is 4.07. The van der Waals surface area contributed by atoms with Gasteiger partial charge in [-0.05, 0) is 100 Å². The quantitative estimate of drug-likeness (QED) is 0.260. The van der Waals surface area contributed by atoms with Gasteiger partial charge in [-0.15, -0.1) is 0 Å². The fourth-order valence-corrected chi connectivity index (χ4v) is 10.5. The number of hydrogen-bond acceptors (Lipinski definition) is 11. The molecular formula is C35H48O11. The predicted molar refractivity (Wildman–Crippen MR) is 162 cm³/mol. The summed E-state index contributed by atoms with van der Waals surface area (Å²) in [6, 6.07) is 3.29. The van der Waals surface area contributed by atoms with E-state index in [-0.39, 0.29) is 40.8 Å². The van der Waals surface area contributed by atoms with Crippen LogP contribution >= 0.6 is 0 Å². The lowest BCUT2D eigenvalue weighted by atomic mass is 9.43. The Bertz CT molecular complexity index is 1360. The molecular weight excluding hydrogens is 596 g/mol. The third-order valence-electron chi connectivity index (χ3n) is 12.6. The molecule has 2 heterocycles. The van der Waals surface area contributed by atoms with Gasteiger partial charge in [-0.3, -0.25) is 9.59 Å². The lowest BCUT2D eigenvalue weighted by molar-refractivity contribution is -0.316. The minimum Gasteiger partial charge on any atom is -0.457 e. The van der Waals surface area contributed by atoms with Crippen LogP contribution in [0.25, 0.3) is 0 Å². The van der Waals surface area contributed by atoms with E-state index in [0.717, 1.165) is 37.7 Å². The molecule has 254 valence electrons. The van der Waals surface area contributed by atoms with Crippen LogP contribution in [0.1, 0.15) is 97.0 Å². The molecule has 11 nitrogen and oxygen atoms in total. The third-order valence-corrected chi connectivity index (χ3v) is 12.6. The Hall–Kier alpha value is -2.60. The monoisotopic (exact) mass is 644 g/mol. The molecule has 1 saturated heterocycles. The highest BCUT2D eigenvalue weighted by atomic mass is 16.7. The lowest BCUT2D eigenvalue weighted by Crippen LogP contribution is -2.63. The summed E-state index contributed by atoms with van der Waals surface area (Å²) in [5, 5.41) is 12.5. The molecule has 5 aliphatic rings. The molecule has 4 saturated carbocycles. The van der Waals surface area contributed by atoms with Crippen LogP contribution in [0.15, 0.2) is 27.6 Å². The lowest BCUT2D eigenvalue weighted by Gasteiger charge is -2.63. The average Bonchev–Trinajstić information content (AvgIpc) is 3.30. The van der Waals surface area contributed by atoms with Crippen molar-refractivity contribution in [2.75, 3.05) is 7.11 Å². The second kappa shape index (κ2) is 12.5. The summed E-state index contributed by atoms with van der Waals surface area (Å²) in [4.78, 5) is 48.7. The van der Waals surface area contributed by atoms with Crippen LogP contribution in [-0.2, 0) is 38.1 Å². The molecule has 5 fully saturated rings. The van der Waals surface area contributed by atoms with E-state index in [1.165, 1.54) is 33.3 Å². The highest BCUT2D eigenvalue weighted by Crippen LogP contribution is 2.70. The molecule has 1 aromatic rings. The first-order valence-corrected chi connectivity index (χ1v) is 16.8. The molecule has 0 radical (unpaired) electrons. The Morgan fingerprint density at radius 3 is 2.35 bits per heavy atom. The molecule has 0 unspecified atom stereocenters. The Kier molecular flexibility index (Phi) is 9.01. The van der Waals surface area contributed by atoms with Crippen molar-refractivity contribution in [3.63, 3.8) is 0 Å². The first-order chi connectivity index (χ1) is 21.9. The van der Waals surface area contributed by atoms with Crippen LogP contribution < -0.4 is 5.63 Å². The van der Waals surface area contributed by atoms with Gasteiger partial charge in [0.25, 0.3) is 0 Å². The second-order valence-corrected chi connectivity index (χ2v) is 14.7. The minimum atomic E-state index is -0.949. The van der Waals surface area contributed by atoms with Crippen molar-refractivity contribution in [3.8, 4) is 0 Å². The zero-order valence-corrected chi connectivity index (χ0v) is 27.5. The normalized spacial score (nSPS) is 45.1. The SMILES string of the molecule is CO[C@@H]1[C@H](OC(C)=O)[C@H](O[C@H]2CC[C@]3(C=O)[C@@H](CC[C@H]4[C@@H]3CC[C@@]3(C)[C@H](c5ccc(=O)oc5)CC[C@]43O)C2)O[C@@H](C)[C@@H]1OC(C)=O. The molecule has 1 N–H and O–H groups in total. The van der Waals surface area contributed by atoms with Gasteiger partial charge in [0.15, 0.2) is 18.5 Å². The fourth-order valence-electron chi connectivity index (χ4n) is 10.5. The van der Waals surface area contributed by atoms with Crippen molar-refractivity contribution in [1.82, 2.24) is 0 Å². The first kappa shape index (κ1) is 33.3. The maximum atomic E-state index is 13.2. The van der Waals surface area contributed by atoms with Crippen LogP contribution in [0.3, 0.4) is 0 Å². The summed E-state index contributed by atoms with van der Waals surface area (Å²) in [5.41, 5.74) is -1.28. The third kappa shape index (κ3) is 5.35. The molecule has 0 amide bonds. The van der Waals surface area contributed by atoms with Crippen LogP contribution in [0, 0.1) is 28.6 Å². The summed E-state index contributed by atoms with van der Waals surface area (Å²) in [6.45, 7) is 6.55. The van der Waals surface area contributed by atoms with Crippen LogP contribution in [-0.4, -0.2) is 72.9 Å². The van der Waals surface area contributed by atoms with Gasteiger partial charge in [-0.2, -0.15) is 0 Å². The summed E-state index contributed by atoms with van der Waals surface area (Å²) >= 11 is 0. The Labute approximate surface area is 269 Å². The zero-order valence-electron chi connectivity index (χ0n) is 27.5. The van der Waals surface area contributed by atoms with Gasteiger partial charge < -0.3 is 38.0 Å². The number of ether oxygens (including phenoxy) is 5. The maximum absolute atomic E-state index is 13.2. The van der Waals surface area contributed by atoms with Crippen LogP contribution in [0.5, 0.6) is 0 Å². The van der Waals surface area contributed by atoms with Crippen LogP contribution in [0.2, 0.25) is 0 Å². The largest absolute Gasteiger partial charge is 0.457 e. The number of hydrogen-bond donors (Lipinski definition) is 1. The maximum Gasteiger partial charge on any atom is 0.335 e. The molecule has 0 bridgehead atoms. The number of aldehydes is 1. The summed E-state index contributed by atoms with van der Waals surface area (Å²) in [6.07, 6.45) is 5.09. The van der Waals surface area contributed by atoms with E-state index < -0.39 is 53.7 Å². The van der Waals surface area contributed by atoms with E-state index in [4.69, 9.17) is 28.1 Å². The van der Waals surface area contributed by atoms with E-state index in [1.54, 1.807) is 13.2 Å². The van der Waals surface area contributed by atoms with Crippen molar-refractivity contribution in [2.24, 2.45) is 28.6 Å². The van der Waals surface area contributed by atoms with Gasteiger partial charge in [-0.25, -0.2) is 4.79 Å². The van der Waals surface area contributed by atoms with E-state index in [2.05, 4.69) is 6.92 Å². The highest BCUT2D eigenvalue weighted by Gasteiger charge is 2.68. The van der Waals surface area contributed by atoms with E-state index in [9.17, 15) is 24.3 Å². The van der Waals surface area contributed by atoms with Crippen molar-refractivity contribution in [3.05, 3.63) is 34.4 Å². The number of carbonyl (C=O) groups is 3. The Morgan fingerprint density at radius 1 is 0.957 bits per heavy atom. The van der Waals surface area contributed by atoms with E-state index >= 15 is 0 Å². The topological polar surface area (TPSA) is 148 Å². The van der Waals surface area contributed by atoms with Gasteiger partial charge in [0.2, 0.25) is 0 Å². The Balaban J connectivity index is 1.19. The first-order valence-electron chi connectivity index (χ1n) is 16.8. The van der Waals surface area contributed by atoms with E-state index in [0.29, 0.717) is 25.7 Å². The number of carbonyl (C=O) groups excluding carboxylic acids is 3. The van der Waals surface area contributed by atoms with E-state index in [1.807, 2.05) is 6.07 Å². The number of methoxy groups -OCH3 is 1. The van der Waals surface area contributed by atoms with Gasteiger partial charge in [-0.1, -0.05) is 6.92 Å². The van der Waals surface area contributed by atoms with Gasteiger partial charge in [0.05, 0.1) is 24.1 Å². The van der Waals surface area contributed by atoms with Crippen molar-refractivity contribution < 1.29 is 47.6 Å². The molecule has 1 aliphatic heterocycles. The smallest absolute Gasteiger partial charge is 0.335 e. The molecule has 13 atom stereocenters. The van der Waals surface area contributed by atoms with Crippen molar-refractivity contribution >= 4 is 18.2 Å². The zero-order chi connectivity index (χ0) is 33.0. The fraction of sp³-hybridized carbons (Fsp3) is 0.771. The van der Waals surface area contributed by atoms with Crippen LogP contribution in [0.4, 0.5) is 0 Å². The number of fused-ring (bicyclic) bond motifs is 5. The molecule has 4 aliphatic carbocycles. The van der Waals surface area contributed by atoms with Gasteiger partial charge >= 0.3 is 17.6 Å². The van der Waals surface area contributed by atoms with Crippen molar-refractivity contribution in [1.29, 1.82) is 0 Å². The van der Waals surface area contributed by atoms with Gasteiger partial charge in [0, 0.05) is 37.9 Å². The summed E-state index contributed by atoms with van der Waals surface area (Å²) in [5.74, 6) is -0.795. The molecule has 0 aromatic carbocycles. The molecule has 46 heavy (non-hydrogen) atoms. The molecule has 6 rings (SSSR count). The standard InChI is InChI=1S/C35H48O11/c1-19-29(44-20(2)37)30(41-5)31(45-21(3)38)32(43-19)46-24-10-14-34(18-36)23(16-24)7-8-27-26(34)11-13-33(4)25(12-15-35(27,33)40)22-6-9-28(39)42-17-22/h6,9,17-19,23-27,29-32,40H,7-8,10-16H2,1-5H3/t19-,23-,24-,25-,26-,27-,29-,30-,31-,32-,33-,34-,35-/m0/s1. The number of rotatable bonds is 7. The average molecular weight is 645 g/mol.